The summed E-state index contributed by atoms with van der Waals surface area (Å²) in [6, 6.07) is 20.2. The molecular weight excluding hydrogens is 379 g/mol. The lowest BCUT2D eigenvalue weighted by Crippen LogP contribution is -2.24. The number of nitrogens with zero attached hydrogens (tertiary/aromatic N) is 2. The number of benzene rings is 3. The van der Waals surface area contributed by atoms with Crippen LogP contribution >= 0.6 is 0 Å². The molecule has 4 aromatic rings. The van der Waals surface area contributed by atoms with Gasteiger partial charge in [0.05, 0.1) is 17.6 Å². The summed E-state index contributed by atoms with van der Waals surface area (Å²) < 4.78 is 21.1. The molecule has 1 aromatic heterocycles. The van der Waals surface area contributed by atoms with E-state index in [9.17, 15) is 9.50 Å². The highest BCUT2D eigenvalue weighted by molar-refractivity contribution is 5.76. The fraction of sp³-hybridized carbons (Fsp3) is 0.240. The fourth-order valence-electron chi connectivity index (χ4n) is 3.51. The van der Waals surface area contributed by atoms with E-state index < -0.39 is 6.10 Å². The minimum absolute atomic E-state index is 0.186. The minimum atomic E-state index is -0.698. The van der Waals surface area contributed by atoms with E-state index in [1.165, 1.54) is 17.7 Å². The molecule has 0 saturated carbocycles. The number of aliphatic hydroxyl groups excluding tert-OH is 1. The monoisotopic (exact) mass is 404 g/mol. The molecule has 1 unspecified atom stereocenters. The Kier molecular flexibility index (Phi) is 5.81. The second-order valence-corrected chi connectivity index (χ2v) is 7.64. The summed E-state index contributed by atoms with van der Waals surface area (Å²) in [5, 5.41) is 10.7. The first-order valence-corrected chi connectivity index (χ1v) is 10.1. The van der Waals surface area contributed by atoms with Crippen LogP contribution in [0, 0.1) is 19.7 Å². The molecule has 5 heteroatoms. The van der Waals surface area contributed by atoms with Crippen molar-refractivity contribution in [1.29, 1.82) is 0 Å². The van der Waals surface area contributed by atoms with Crippen LogP contribution < -0.4 is 4.74 Å². The van der Waals surface area contributed by atoms with E-state index in [1.807, 2.05) is 54.0 Å². The van der Waals surface area contributed by atoms with Gasteiger partial charge in [-0.3, -0.25) is 0 Å². The highest BCUT2D eigenvalue weighted by Crippen LogP contribution is 2.20. The molecule has 0 aliphatic rings. The maximum absolute atomic E-state index is 13.2. The second-order valence-electron chi connectivity index (χ2n) is 7.64. The van der Waals surface area contributed by atoms with Crippen LogP contribution in [-0.2, 0) is 13.0 Å². The van der Waals surface area contributed by atoms with Gasteiger partial charge in [0.15, 0.2) is 0 Å². The summed E-state index contributed by atoms with van der Waals surface area (Å²) in [4.78, 5) is 4.74. The third-order valence-corrected chi connectivity index (χ3v) is 5.32. The van der Waals surface area contributed by atoms with Crippen molar-refractivity contribution in [1.82, 2.24) is 9.55 Å². The van der Waals surface area contributed by atoms with E-state index in [2.05, 4.69) is 6.92 Å². The summed E-state index contributed by atoms with van der Waals surface area (Å²) in [7, 11) is 0. The summed E-state index contributed by atoms with van der Waals surface area (Å²) in [6.45, 7) is 4.64. The van der Waals surface area contributed by atoms with Crippen molar-refractivity contribution in [2.24, 2.45) is 0 Å². The number of rotatable bonds is 7. The van der Waals surface area contributed by atoms with Crippen molar-refractivity contribution < 1.29 is 14.2 Å². The van der Waals surface area contributed by atoms with E-state index in [0.29, 0.717) is 13.0 Å². The fourth-order valence-corrected chi connectivity index (χ4v) is 3.51. The zero-order valence-corrected chi connectivity index (χ0v) is 17.2. The van der Waals surface area contributed by atoms with Crippen molar-refractivity contribution in [3.63, 3.8) is 0 Å². The molecule has 30 heavy (non-hydrogen) atoms. The van der Waals surface area contributed by atoms with Crippen LogP contribution in [0.1, 0.15) is 22.5 Å². The first-order chi connectivity index (χ1) is 14.5. The summed E-state index contributed by atoms with van der Waals surface area (Å²) >= 11 is 0. The van der Waals surface area contributed by atoms with Crippen molar-refractivity contribution in [2.45, 2.75) is 32.9 Å². The molecule has 4 rings (SSSR count). The SMILES string of the molecule is Cc1ccc(OCC(O)Cn2c(Cc3ccc(F)cc3)nc3ccccc32)cc1C. The Morgan fingerprint density at radius 1 is 1.00 bits per heavy atom. The highest BCUT2D eigenvalue weighted by Gasteiger charge is 2.15. The number of para-hydroxylation sites is 2. The molecule has 154 valence electrons. The largest absolute Gasteiger partial charge is 0.491 e. The minimum Gasteiger partial charge on any atom is -0.491 e. The molecule has 1 N–H and O–H groups in total. The summed E-state index contributed by atoms with van der Waals surface area (Å²) in [5.41, 5.74) is 5.16. The maximum Gasteiger partial charge on any atom is 0.123 e. The molecule has 0 saturated heterocycles. The van der Waals surface area contributed by atoms with Gasteiger partial charge in [-0.05, 0) is 66.9 Å². The van der Waals surface area contributed by atoms with Crippen molar-refractivity contribution in [3.05, 3.63) is 95.1 Å². The predicted molar refractivity (Wildman–Crippen MR) is 116 cm³/mol. The summed E-state index contributed by atoms with van der Waals surface area (Å²) in [5.74, 6) is 1.32. The standard InChI is InChI=1S/C25H25FN2O2/c1-17-7-12-22(13-18(17)2)30-16-21(29)15-28-24-6-4-3-5-23(24)27-25(28)14-19-8-10-20(26)11-9-19/h3-13,21,29H,14-16H2,1-2H3. The lowest BCUT2D eigenvalue weighted by molar-refractivity contribution is 0.0927. The van der Waals surface area contributed by atoms with E-state index in [4.69, 9.17) is 9.72 Å². The molecule has 0 amide bonds. The van der Waals surface area contributed by atoms with Gasteiger partial charge in [-0.25, -0.2) is 9.37 Å². The lowest BCUT2D eigenvalue weighted by Gasteiger charge is -2.16. The van der Waals surface area contributed by atoms with E-state index in [0.717, 1.165) is 33.7 Å². The molecule has 3 aromatic carbocycles. The normalized spacial score (nSPS) is 12.3. The Labute approximate surface area is 175 Å². The number of aromatic nitrogens is 2. The zero-order chi connectivity index (χ0) is 21.1. The van der Waals surface area contributed by atoms with Crippen LogP contribution in [0.25, 0.3) is 11.0 Å². The van der Waals surface area contributed by atoms with Crippen molar-refractivity contribution in [3.8, 4) is 5.75 Å². The third kappa shape index (κ3) is 4.52. The van der Waals surface area contributed by atoms with Gasteiger partial charge in [0.1, 0.15) is 30.1 Å². The zero-order valence-electron chi connectivity index (χ0n) is 17.2. The molecule has 0 spiro atoms. The smallest absolute Gasteiger partial charge is 0.123 e. The number of hydrogen-bond donors (Lipinski definition) is 1. The van der Waals surface area contributed by atoms with Crippen LogP contribution in [-0.4, -0.2) is 27.4 Å². The predicted octanol–water partition coefficient (Wildman–Crippen LogP) is 4.82. The Morgan fingerprint density at radius 3 is 2.53 bits per heavy atom. The van der Waals surface area contributed by atoms with E-state index in [1.54, 1.807) is 12.1 Å². The molecule has 1 heterocycles. The lowest BCUT2D eigenvalue weighted by atomic mass is 10.1. The number of hydrogen-bond acceptors (Lipinski definition) is 3. The van der Waals surface area contributed by atoms with Gasteiger partial charge in [0.2, 0.25) is 0 Å². The molecule has 1 atom stereocenters. The first-order valence-electron chi connectivity index (χ1n) is 10.1. The molecule has 0 fully saturated rings. The second kappa shape index (κ2) is 8.67. The Hall–Kier alpha value is -3.18. The van der Waals surface area contributed by atoms with Gasteiger partial charge in [-0.15, -0.1) is 0 Å². The Bertz CT molecular complexity index is 1150. The number of aryl methyl sites for hydroxylation is 2. The van der Waals surface area contributed by atoms with Crippen LogP contribution in [0.5, 0.6) is 5.75 Å². The van der Waals surface area contributed by atoms with E-state index >= 15 is 0 Å². The van der Waals surface area contributed by atoms with Crippen molar-refractivity contribution >= 4 is 11.0 Å². The quantitative estimate of drug-likeness (QED) is 0.480. The third-order valence-electron chi connectivity index (χ3n) is 5.32. The van der Waals surface area contributed by atoms with Gasteiger partial charge in [-0.1, -0.05) is 30.3 Å². The summed E-state index contributed by atoms with van der Waals surface area (Å²) in [6.07, 6.45) is -0.143. The topological polar surface area (TPSA) is 47.3 Å². The Balaban J connectivity index is 1.53. The van der Waals surface area contributed by atoms with Gasteiger partial charge in [0, 0.05) is 6.42 Å². The van der Waals surface area contributed by atoms with Gasteiger partial charge in [0.25, 0.3) is 0 Å². The average Bonchev–Trinajstić information content (AvgIpc) is 3.07. The van der Waals surface area contributed by atoms with Crippen LogP contribution in [0.15, 0.2) is 66.7 Å². The highest BCUT2D eigenvalue weighted by atomic mass is 19.1. The molecule has 0 bridgehead atoms. The number of aliphatic hydroxyl groups is 1. The van der Waals surface area contributed by atoms with Crippen LogP contribution in [0.2, 0.25) is 0 Å². The van der Waals surface area contributed by atoms with Crippen LogP contribution in [0.3, 0.4) is 0 Å². The molecule has 0 aliphatic heterocycles. The van der Waals surface area contributed by atoms with Gasteiger partial charge >= 0.3 is 0 Å². The molecular formula is C25H25FN2O2. The van der Waals surface area contributed by atoms with Gasteiger partial charge in [-0.2, -0.15) is 0 Å². The number of fused-ring (bicyclic) bond motifs is 1. The first kappa shape index (κ1) is 20.1. The number of imidazole rings is 1. The molecule has 0 aliphatic carbocycles. The number of ether oxygens (including phenoxy) is 1. The Morgan fingerprint density at radius 2 is 1.77 bits per heavy atom. The average molecular weight is 404 g/mol. The number of halogens is 1. The molecule has 0 radical (unpaired) electrons. The maximum atomic E-state index is 13.2. The molecule has 4 nitrogen and oxygen atoms in total. The van der Waals surface area contributed by atoms with E-state index in [-0.39, 0.29) is 12.4 Å². The van der Waals surface area contributed by atoms with Gasteiger partial charge < -0.3 is 14.4 Å². The van der Waals surface area contributed by atoms with Crippen LogP contribution in [0.4, 0.5) is 4.39 Å². The van der Waals surface area contributed by atoms with Crippen molar-refractivity contribution in [2.75, 3.05) is 6.61 Å².